The molecule has 0 unspecified atom stereocenters. The van der Waals surface area contributed by atoms with Gasteiger partial charge >= 0.3 is 0 Å². The smallest absolute Gasteiger partial charge is 0.271 e. The number of aliphatic hydroxyl groups excluding tert-OH is 3. The van der Waals surface area contributed by atoms with E-state index in [0.717, 1.165) is 28.0 Å². The molecular formula is C34H36N2O8. The first-order valence-corrected chi connectivity index (χ1v) is 14.9. The molecule has 10 heteroatoms. The number of aliphatic hydroxyl groups is 3. The Kier molecular flexibility index (Phi) is 9.53. The highest BCUT2D eigenvalue weighted by atomic mass is 16.6. The van der Waals surface area contributed by atoms with Crippen LogP contribution in [-0.2, 0) is 16.2 Å². The molecule has 0 radical (unpaired) electrons. The quantitative estimate of drug-likeness (QED) is 0.110. The number of carbonyl (C=O) groups excluding carboxylic acids is 2. The third-order valence-electron chi connectivity index (χ3n) is 8.58. The van der Waals surface area contributed by atoms with Gasteiger partial charge in [-0.05, 0) is 66.7 Å². The van der Waals surface area contributed by atoms with E-state index in [2.05, 4.69) is 0 Å². The van der Waals surface area contributed by atoms with Crippen molar-refractivity contribution in [3.05, 3.63) is 105 Å². The minimum absolute atomic E-state index is 0.124. The lowest BCUT2D eigenvalue weighted by Crippen LogP contribution is -2.39. The third kappa shape index (κ3) is 6.14. The van der Waals surface area contributed by atoms with Crippen molar-refractivity contribution >= 4 is 34.8 Å². The standard InChI is InChI=1S/C34H36N2O8/c1-2-7-23-17-28-32(34(41)35(33(28)40)24-10-6-11-25(18-24)36(42)43)29(20-38)31(23)30(39)15-12-22(21-8-4-3-5-9-21)16-26-13-14-27(19-37)44-26/h3-6,8-11,13-14,16,18,28-30,32,37-39H,2,7,12,15,17,19-20H2,1H3/b22-16-/t28-,29+,30-,32-/m1/s1. The molecule has 230 valence electrons. The first kappa shape index (κ1) is 31.1. The maximum absolute atomic E-state index is 13.8. The highest BCUT2D eigenvalue weighted by Gasteiger charge is 2.55. The van der Waals surface area contributed by atoms with Gasteiger partial charge in [0.05, 0.1) is 35.2 Å². The maximum Gasteiger partial charge on any atom is 0.271 e. The molecule has 4 atom stereocenters. The van der Waals surface area contributed by atoms with Gasteiger partial charge in [-0.25, -0.2) is 4.90 Å². The van der Waals surface area contributed by atoms with E-state index in [-0.39, 0.29) is 24.4 Å². The topological polar surface area (TPSA) is 154 Å². The molecular weight excluding hydrogens is 564 g/mol. The molecule has 2 amide bonds. The fourth-order valence-electron chi connectivity index (χ4n) is 6.63. The second kappa shape index (κ2) is 13.5. The number of benzene rings is 2. The monoisotopic (exact) mass is 600 g/mol. The number of non-ortho nitro benzene ring substituents is 1. The third-order valence-corrected chi connectivity index (χ3v) is 8.58. The summed E-state index contributed by atoms with van der Waals surface area (Å²) in [4.78, 5) is 39.2. The fraction of sp³-hybridized carbons (Fsp3) is 0.353. The molecule has 1 aromatic heterocycles. The number of rotatable bonds is 12. The number of imide groups is 1. The minimum Gasteiger partial charge on any atom is -0.459 e. The molecule has 0 saturated carbocycles. The first-order valence-electron chi connectivity index (χ1n) is 14.9. The molecule has 2 heterocycles. The Bertz CT molecular complexity index is 1590. The highest BCUT2D eigenvalue weighted by molar-refractivity contribution is 6.22. The Balaban J connectivity index is 1.44. The average Bonchev–Trinajstić information content (AvgIpc) is 3.60. The minimum atomic E-state index is -0.985. The molecule has 10 nitrogen and oxygen atoms in total. The predicted molar refractivity (Wildman–Crippen MR) is 164 cm³/mol. The molecule has 5 rings (SSSR count). The van der Waals surface area contributed by atoms with Crippen LogP contribution in [0.5, 0.6) is 0 Å². The second-order valence-electron chi connectivity index (χ2n) is 11.3. The van der Waals surface area contributed by atoms with Gasteiger partial charge < -0.3 is 19.7 Å². The van der Waals surface area contributed by atoms with Crippen LogP contribution in [0.25, 0.3) is 11.6 Å². The Morgan fingerprint density at radius 3 is 2.52 bits per heavy atom. The number of amides is 2. The molecule has 44 heavy (non-hydrogen) atoms. The van der Waals surface area contributed by atoms with Crippen molar-refractivity contribution < 1.29 is 34.2 Å². The molecule has 3 aromatic rings. The van der Waals surface area contributed by atoms with E-state index in [1.165, 1.54) is 24.3 Å². The molecule has 1 aliphatic carbocycles. The summed E-state index contributed by atoms with van der Waals surface area (Å²) in [5.74, 6) is -2.35. The van der Waals surface area contributed by atoms with E-state index < -0.39 is 47.2 Å². The molecule has 1 fully saturated rings. The van der Waals surface area contributed by atoms with Crippen molar-refractivity contribution in [3.63, 3.8) is 0 Å². The molecule has 2 aliphatic rings. The lowest BCUT2D eigenvalue weighted by molar-refractivity contribution is -0.384. The normalized spacial score (nSPS) is 21.1. The summed E-state index contributed by atoms with van der Waals surface area (Å²) in [5, 5.41) is 43.1. The van der Waals surface area contributed by atoms with Crippen LogP contribution in [0, 0.1) is 27.9 Å². The van der Waals surface area contributed by atoms with Crippen LogP contribution in [0.15, 0.2) is 82.3 Å². The van der Waals surface area contributed by atoms with Crippen LogP contribution >= 0.6 is 0 Å². The summed E-state index contributed by atoms with van der Waals surface area (Å²) in [6, 6.07) is 18.6. The SMILES string of the molecule is CCCC1=C([C@H](O)CC/C(=C/c2ccc(CO)o2)c2ccccc2)[C@H](CO)[C@@H]2C(=O)N(c3cccc([N+](=O)[O-])c3)C(=O)[C@@H]2C1. The van der Waals surface area contributed by atoms with E-state index in [1.54, 1.807) is 12.1 Å². The Morgan fingerprint density at radius 1 is 1.09 bits per heavy atom. The van der Waals surface area contributed by atoms with Crippen molar-refractivity contribution in [1.82, 2.24) is 0 Å². The van der Waals surface area contributed by atoms with Crippen molar-refractivity contribution in [3.8, 4) is 0 Å². The summed E-state index contributed by atoms with van der Waals surface area (Å²) in [6.45, 7) is 1.35. The summed E-state index contributed by atoms with van der Waals surface area (Å²) < 4.78 is 5.68. The van der Waals surface area contributed by atoms with Gasteiger partial charge in [-0.2, -0.15) is 0 Å². The van der Waals surface area contributed by atoms with Gasteiger partial charge in [-0.15, -0.1) is 0 Å². The maximum atomic E-state index is 13.8. The van der Waals surface area contributed by atoms with Gasteiger partial charge in [0.1, 0.15) is 18.1 Å². The second-order valence-corrected chi connectivity index (χ2v) is 11.3. The molecule has 2 aromatic carbocycles. The Labute approximate surface area is 255 Å². The van der Waals surface area contributed by atoms with Gasteiger partial charge in [0.25, 0.3) is 5.69 Å². The van der Waals surface area contributed by atoms with Gasteiger partial charge in [-0.1, -0.05) is 55.3 Å². The van der Waals surface area contributed by atoms with Crippen molar-refractivity contribution in [2.45, 2.75) is 51.7 Å². The van der Waals surface area contributed by atoms with Gasteiger partial charge in [0, 0.05) is 18.1 Å². The van der Waals surface area contributed by atoms with E-state index in [0.29, 0.717) is 36.4 Å². The van der Waals surface area contributed by atoms with E-state index in [4.69, 9.17) is 4.42 Å². The molecule has 3 N–H and O–H groups in total. The Hall–Kier alpha value is -4.38. The number of allylic oxidation sites excluding steroid dienone is 2. The molecule has 0 spiro atoms. The zero-order valence-corrected chi connectivity index (χ0v) is 24.5. The van der Waals surface area contributed by atoms with E-state index in [9.17, 15) is 35.0 Å². The zero-order chi connectivity index (χ0) is 31.4. The molecule has 1 saturated heterocycles. The summed E-state index contributed by atoms with van der Waals surface area (Å²) in [5.41, 5.74) is 3.20. The molecule has 0 bridgehead atoms. The fourth-order valence-corrected chi connectivity index (χ4v) is 6.63. The highest BCUT2D eigenvalue weighted by Crippen LogP contribution is 2.48. The largest absolute Gasteiger partial charge is 0.459 e. The lowest BCUT2D eigenvalue weighted by atomic mass is 9.67. The van der Waals surface area contributed by atoms with Crippen LogP contribution in [0.2, 0.25) is 0 Å². The van der Waals surface area contributed by atoms with E-state index in [1.807, 2.05) is 43.3 Å². The number of carbonyl (C=O) groups is 2. The van der Waals surface area contributed by atoms with Crippen LogP contribution in [-0.4, -0.2) is 44.8 Å². The molecule has 1 aliphatic heterocycles. The van der Waals surface area contributed by atoms with Crippen LogP contribution in [0.1, 0.15) is 56.1 Å². The van der Waals surface area contributed by atoms with Gasteiger partial charge in [-0.3, -0.25) is 19.7 Å². The number of fused-ring (bicyclic) bond motifs is 1. The number of nitro benzene ring substituents is 1. The van der Waals surface area contributed by atoms with Crippen LogP contribution in [0.4, 0.5) is 11.4 Å². The zero-order valence-electron chi connectivity index (χ0n) is 24.5. The van der Waals surface area contributed by atoms with Crippen molar-refractivity contribution in [2.24, 2.45) is 17.8 Å². The van der Waals surface area contributed by atoms with E-state index >= 15 is 0 Å². The van der Waals surface area contributed by atoms with Gasteiger partial charge in [0.2, 0.25) is 11.8 Å². The number of furan rings is 1. The van der Waals surface area contributed by atoms with Crippen LogP contribution in [0.3, 0.4) is 0 Å². The summed E-state index contributed by atoms with van der Waals surface area (Å²) in [7, 11) is 0. The number of anilines is 1. The lowest BCUT2D eigenvalue weighted by Gasteiger charge is -2.36. The summed E-state index contributed by atoms with van der Waals surface area (Å²) >= 11 is 0. The Morgan fingerprint density at radius 2 is 1.86 bits per heavy atom. The average molecular weight is 601 g/mol. The van der Waals surface area contributed by atoms with Gasteiger partial charge in [0.15, 0.2) is 0 Å². The number of nitrogens with zero attached hydrogens (tertiary/aromatic N) is 2. The van der Waals surface area contributed by atoms with Crippen molar-refractivity contribution in [1.29, 1.82) is 0 Å². The van der Waals surface area contributed by atoms with Crippen molar-refractivity contribution in [2.75, 3.05) is 11.5 Å². The first-order chi connectivity index (χ1) is 21.3. The number of nitro groups is 1. The number of hydrogen-bond acceptors (Lipinski definition) is 8. The number of hydrogen-bond donors (Lipinski definition) is 3. The predicted octanol–water partition coefficient (Wildman–Crippen LogP) is 5.28. The summed E-state index contributed by atoms with van der Waals surface area (Å²) in [6.07, 6.45) is 3.25. The van der Waals surface area contributed by atoms with Crippen LogP contribution < -0.4 is 4.90 Å².